The van der Waals surface area contributed by atoms with Crippen molar-refractivity contribution in [2.75, 3.05) is 5.32 Å². The average Bonchev–Trinajstić information content (AvgIpc) is 3.24. The van der Waals surface area contributed by atoms with Crippen molar-refractivity contribution in [3.05, 3.63) is 95.1 Å². The van der Waals surface area contributed by atoms with Crippen molar-refractivity contribution in [1.29, 1.82) is 0 Å². The monoisotopic (exact) mass is 402 g/mol. The van der Waals surface area contributed by atoms with E-state index in [1.54, 1.807) is 23.0 Å². The van der Waals surface area contributed by atoms with Crippen LogP contribution in [0, 0.1) is 0 Å². The summed E-state index contributed by atoms with van der Waals surface area (Å²) in [5.74, 6) is -0.144. The van der Waals surface area contributed by atoms with Crippen LogP contribution in [0.4, 0.5) is 5.69 Å². The number of anilines is 1. The minimum absolute atomic E-state index is 0.144. The lowest BCUT2D eigenvalue weighted by Gasteiger charge is -2.10. The van der Waals surface area contributed by atoms with Crippen LogP contribution >= 0.6 is 11.6 Å². The summed E-state index contributed by atoms with van der Waals surface area (Å²) in [7, 11) is 0. The summed E-state index contributed by atoms with van der Waals surface area (Å²) >= 11 is 5.98. The third kappa shape index (κ3) is 4.05. The summed E-state index contributed by atoms with van der Waals surface area (Å²) in [6, 6.07) is 22.6. The lowest BCUT2D eigenvalue weighted by Crippen LogP contribution is -2.13. The SMILES string of the molecule is CCc1ccccc1NC(=O)c1ccc(-n2nncc2-c2ccc(Cl)cc2)cc1. The molecule has 29 heavy (non-hydrogen) atoms. The molecule has 0 aliphatic heterocycles. The molecule has 6 heteroatoms. The Morgan fingerprint density at radius 2 is 1.72 bits per heavy atom. The lowest BCUT2D eigenvalue weighted by molar-refractivity contribution is 0.102. The van der Waals surface area contributed by atoms with Gasteiger partial charge in [-0.05, 0) is 54.4 Å². The van der Waals surface area contributed by atoms with E-state index in [0.717, 1.165) is 34.6 Å². The Morgan fingerprint density at radius 3 is 2.45 bits per heavy atom. The maximum Gasteiger partial charge on any atom is 0.255 e. The fraction of sp³-hybridized carbons (Fsp3) is 0.0870. The Morgan fingerprint density at radius 1 is 1.00 bits per heavy atom. The maximum absolute atomic E-state index is 12.6. The van der Waals surface area contributed by atoms with Gasteiger partial charge in [0.25, 0.3) is 5.91 Å². The zero-order valence-corrected chi connectivity index (χ0v) is 16.6. The molecule has 0 atom stereocenters. The van der Waals surface area contributed by atoms with Gasteiger partial charge in [-0.15, -0.1) is 5.10 Å². The van der Waals surface area contributed by atoms with Crippen molar-refractivity contribution in [1.82, 2.24) is 15.0 Å². The van der Waals surface area contributed by atoms with Gasteiger partial charge < -0.3 is 5.32 Å². The number of halogens is 1. The Bertz CT molecular complexity index is 1130. The molecule has 0 radical (unpaired) electrons. The molecule has 4 aromatic rings. The molecule has 1 N–H and O–H groups in total. The molecule has 0 fully saturated rings. The van der Waals surface area contributed by atoms with E-state index in [1.165, 1.54) is 0 Å². The van der Waals surface area contributed by atoms with Crippen molar-refractivity contribution < 1.29 is 4.79 Å². The molecule has 0 saturated carbocycles. The molecular weight excluding hydrogens is 384 g/mol. The number of para-hydroxylation sites is 1. The van der Waals surface area contributed by atoms with E-state index in [9.17, 15) is 4.79 Å². The third-order valence-corrected chi connectivity index (χ3v) is 4.96. The number of aromatic nitrogens is 3. The van der Waals surface area contributed by atoms with E-state index >= 15 is 0 Å². The number of benzene rings is 3. The van der Waals surface area contributed by atoms with Gasteiger partial charge in [-0.3, -0.25) is 4.79 Å². The molecular formula is C23H19ClN4O. The zero-order chi connectivity index (χ0) is 20.2. The molecule has 0 spiro atoms. The molecule has 0 aliphatic rings. The van der Waals surface area contributed by atoms with Gasteiger partial charge in [-0.25, -0.2) is 4.68 Å². The highest BCUT2D eigenvalue weighted by Crippen LogP contribution is 2.23. The van der Waals surface area contributed by atoms with E-state index in [2.05, 4.69) is 22.6 Å². The Balaban J connectivity index is 1.57. The second-order valence-electron chi connectivity index (χ2n) is 6.55. The van der Waals surface area contributed by atoms with Crippen LogP contribution in [-0.2, 0) is 6.42 Å². The molecule has 0 saturated heterocycles. The molecule has 0 bridgehead atoms. The van der Waals surface area contributed by atoms with Crippen molar-refractivity contribution in [2.45, 2.75) is 13.3 Å². The largest absolute Gasteiger partial charge is 0.322 e. The number of amides is 1. The summed E-state index contributed by atoms with van der Waals surface area (Å²) in [5.41, 5.74) is 5.14. The zero-order valence-electron chi connectivity index (χ0n) is 15.8. The van der Waals surface area contributed by atoms with Gasteiger partial charge in [0.2, 0.25) is 0 Å². The highest BCUT2D eigenvalue weighted by Gasteiger charge is 2.11. The third-order valence-electron chi connectivity index (χ3n) is 4.71. The van der Waals surface area contributed by atoms with Crippen molar-refractivity contribution in [3.8, 4) is 16.9 Å². The van der Waals surface area contributed by atoms with Crippen LogP contribution in [0.5, 0.6) is 0 Å². The molecule has 0 aliphatic carbocycles. The minimum Gasteiger partial charge on any atom is -0.322 e. The van der Waals surface area contributed by atoms with Crippen molar-refractivity contribution in [2.24, 2.45) is 0 Å². The number of carbonyl (C=O) groups excluding carboxylic acids is 1. The smallest absolute Gasteiger partial charge is 0.255 e. The van der Waals surface area contributed by atoms with Gasteiger partial charge in [0.15, 0.2) is 0 Å². The van der Waals surface area contributed by atoms with Gasteiger partial charge in [0.1, 0.15) is 0 Å². The fourth-order valence-electron chi connectivity index (χ4n) is 3.14. The van der Waals surface area contributed by atoms with E-state index in [4.69, 9.17) is 11.6 Å². The molecule has 1 amide bonds. The number of carbonyl (C=O) groups is 1. The Kier molecular flexibility index (Phi) is 5.40. The second-order valence-corrected chi connectivity index (χ2v) is 6.99. The first-order valence-corrected chi connectivity index (χ1v) is 9.70. The van der Waals surface area contributed by atoms with Crippen molar-refractivity contribution >= 4 is 23.2 Å². The van der Waals surface area contributed by atoms with Crippen LogP contribution in [0.2, 0.25) is 5.02 Å². The number of hydrogen-bond donors (Lipinski definition) is 1. The molecule has 144 valence electrons. The highest BCUT2D eigenvalue weighted by atomic mass is 35.5. The van der Waals surface area contributed by atoms with Crippen LogP contribution in [0.3, 0.4) is 0 Å². The van der Waals surface area contributed by atoms with Gasteiger partial charge in [-0.2, -0.15) is 0 Å². The van der Waals surface area contributed by atoms with Crippen LogP contribution in [0.15, 0.2) is 79.0 Å². The number of hydrogen-bond acceptors (Lipinski definition) is 3. The van der Waals surface area contributed by atoms with E-state index in [-0.39, 0.29) is 5.91 Å². The standard InChI is InChI=1S/C23H19ClN4O/c1-2-16-5-3-4-6-21(16)26-23(29)18-9-13-20(14-10-18)28-22(15-25-27-28)17-7-11-19(24)12-8-17/h3-15H,2H2,1H3,(H,26,29). The Hall–Kier alpha value is -3.44. The first-order chi connectivity index (χ1) is 14.2. The summed E-state index contributed by atoms with van der Waals surface area (Å²) < 4.78 is 1.73. The summed E-state index contributed by atoms with van der Waals surface area (Å²) in [6.45, 7) is 2.07. The van der Waals surface area contributed by atoms with Gasteiger partial charge in [-0.1, -0.05) is 54.1 Å². The van der Waals surface area contributed by atoms with Crippen LogP contribution < -0.4 is 5.32 Å². The van der Waals surface area contributed by atoms with Crippen LogP contribution in [0.1, 0.15) is 22.8 Å². The molecule has 3 aromatic carbocycles. The molecule has 1 aromatic heterocycles. The number of rotatable bonds is 5. The molecule has 1 heterocycles. The summed E-state index contributed by atoms with van der Waals surface area (Å²) in [6.07, 6.45) is 2.56. The second kappa shape index (κ2) is 8.29. The predicted octanol–water partition coefficient (Wildman–Crippen LogP) is 5.40. The first kappa shape index (κ1) is 18.9. The average molecular weight is 403 g/mol. The summed E-state index contributed by atoms with van der Waals surface area (Å²) in [5, 5.41) is 11.9. The van der Waals surface area contributed by atoms with Crippen molar-refractivity contribution in [3.63, 3.8) is 0 Å². The van der Waals surface area contributed by atoms with E-state index in [1.807, 2.05) is 60.7 Å². The van der Waals surface area contributed by atoms with Gasteiger partial charge in [0, 0.05) is 21.8 Å². The highest BCUT2D eigenvalue weighted by molar-refractivity contribution is 6.30. The number of aryl methyl sites for hydroxylation is 1. The normalized spacial score (nSPS) is 10.7. The van der Waals surface area contributed by atoms with E-state index in [0.29, 0.717) is 10.6 Å². The Labute approximate surface area is 174 Å². The topological polar surface area (TPSA) is 59.8 Å². The van der Waals surface area contributed by atoms with E-state index < -0.39 is 0 Å². The molecule has 4 rings (SSSR count). The van der Waals surface area contributed by atoms with Gasteiger partial charge >= 0.3 is 0 Å². The van der Waals surface area contributed by atoms with Gasteiger partial charge in [0.05, 0.1) is 17.6 Å². The minimum atomic E-state index is -0.144. The predicted molar refractivity (Wildman–Crippen MR) is 116 cm³/mol. The first-order valence-electron chi connectivity index (χ1n) is 9.32. The molecule has 5 nitrogen and oxygen atoms in total. The lowest BCUT2D eigenvalue weighted by atomic mass is 10.1. The van der Waals surface area contributed by atoms with Crippen LogP contribution in [-0.4, -0.2) is 20.9 Å². The number of nitrogens with one attached hydrogen (secondary N) is 1. The molecule has 0 unspecified atom stereocenters. The quantitative estimate of drug-likeness (QED) is 0.486. The summed E-state index contributed by atoms with van der Waals surface area (Å²) in [4.78, 5) is 12.6. The van der Waals surface area contributed by atoms with Crippen LogP contribution in [0.25, 0.3) is 16.9 Å². The maximum atomic E-state index is 12.6. The fourth-order valence-corrected chi connectivity index (χ4v) is 3.27. The number of nitrogens with zero attached hydrogens (tertiary/aromatic N) is 3.